The van der Waals surface area contributed by atoms with Crippen molar-refractivity contribution in [1.29, 1.82) is 0 Å². The monoisotopic (exact) mass is 987 g/mol. The van der Waals surface area contributed by atoms with Crippen molar-refractivity contribution in [2.45, 2.75) is 82.5 Å². The topological polar surface area (TPSA) is 210 Å². The number of nitrogens with one attached hydrogen (secondary N) is 3. The van der Waals surface area contributed by atoms with Gasteiger partial charge in [-0.25, -0.2) is 14.8 Å². The molecule has 0 radical (unpaired) electrons. The molecule has 3 fully saturated rings. The maximum atomic E-state index is 13.7. The lowest BCUT2D eigenvalue weighted by Gasteiger charge is -2.38. The van der Waals surface area contributed by atoms with Crippen LogP contribution in [-0.4, -0.2) is 104 Å². The van der Waals surface area contributed by atoms with Crippen molar-refractivity contribution >= 4 is 78.7 Å². The minimum atomic E-state index is -1.15. The first-order valence-corrected chi connectivity index (χ1v) is 25.2. The average Bonchev–Trinajstić information content (AvgIpc) is 4.01. The summed E-state index contributed by atoms with van der Waals surface area (Å²) in [4.78, 5) is 78.2. The van der Waals surface area contributed by atoms with Crippen LogP contribution < -0.4 is 25.6 Å². The van der Waals surface area contributed by atoms with Crippen molar-refractivity contribution in [3.63, 3.8) is 0 Å². The van der Waals surface area contributed by atoms with Gasteiger partial charge in [-0.1, -0.05) is 59.9 Å². The molecule has 0 spiro atoms. The first-order valence-electron chi connectivity index (χ1n) is 24.4. The molecule has 4 N–H and O–H groups in total. The lowest BCUT2D eigenvalue weighted by Crippen LogP contribution is -2.48. The van der Waals surface area contributed by atoms with E-state index in [9.17, 15) is 29.1 Å². The Morgan fingerprint density at radius 2 is 1.67 bits per heavy atom. The summed E-state index contributed by atoms with van der Waals surface area (Å²) < 4.78 is 15.3. The van der Waals surface area contributed by atoms with Crippen LogP contribution in [-0.2, 0) is 39.1 Å². The summed E-state index contributed by atoms with van der Waals surface area (Å²) in [6.45, 7) is 3.81. The number of piperidine rings is 2. The molecule has 4 aromatic carbocycles. The first kappa shape index (κ1) is 46.8. The van der Waals surface area contributed by atoms with Crippen molar-refractivity contribution in [2.75, 3.05) is 41.8 Å². The van der Waals surface area contributed by atoms with Gasteiger partial charge in [-0.05, 0) is 110 Å². The highest BCUT2D eigenvalue weighted by molar-refractivity contribution is 7.22. The fraction of sp³-hybridized carbons (Fsp3) is 0.333. The van der Waals surface area contributed by atoms with Crippen molar-refractivity contribution in [3.8, 4) is 16.9 Å². The van der Waals surface area contributed by atoms with E-state index >= 15 is 0 Å². The Morgan fingerprint density at radius 1 is 0.861 bits per heavy atom. The number of para-hydroxylation sites is 2. The number of ether oxygens (including phenoxy) is 2. The van der Waals surface area contributed by atoms with E-state index in [-0.39, 0.29) is 60.5 Å². The van der Waals surface area contributed by atoms with E-state index in [1.54, 1.807) is 17.8 Å². The molecule has 3 saturated heterocycles. The van der Waals surface area contributed by atoms with Gasteiger partial charge in [0, 0.05) is 55.2 Å². The Hall–Kier alpha value is -7.54. The summed E-state index contributed by atoms with van der Waals surface area (Å²) in [6, 6.07) is 28.7. The van der Waals surface area contributed by atoms with Gasteiger partial charge in [-0.2, -0.15) is 5.10 Å². The Bertz CT molecular complexity index is 3270. The fourth-order valence-corrected chi connectivity index (χ4v) is 12.0. The number of benzene rings is 4. The van der Waals surface area contributed by atoms with Crippen LogP contribution in [0.25, 0.3) is 32.2 Å². The predicted octanol–water partition coefficient (Wildman–Crippen LogP) is 7.62. The quantitative estimate of drug-likeness (QED) is 0.0612. The number of fused-ring (bicyclic) bond motifs is 5. The molecule has 72 heavy (non-hydrogen) atoms. The molecule has 17 nitrogen and oxygen atoms in total. The molecule has 4 amide bonds. The highest BCUT2D eigenvalue weighted by atomic mass is 32.1. The molecule has 0 aliphatic carbocycles. The van der Waals surface area contributed by atoms with E-state index in [0.29, 0.717) is 83.9 Å². The lowest BCUT2D eigenvalue weighted by molar-refractivity contribution is -0.134. The van der Waals surface area contributed by atoms with Gasteiger partial charge in [0.1, 0.15) is 18.2 Å². The molecular weight excluding hydrogens is 935 g/mol. The van der Waals surface area contributed by atoms with Crippen LogP contribution in [0, 0.1) is 6.92 Å². The third-order valence-corrected chi connectivity index (χ3v) is 15.6. The summed E-state index contributed by atoms with van der Waals surface area (Å²) in [6.07, 6.45) is 4.91. The number of amides is 4. The number of pyridine rings is 1. The summed E-state index contributed by atoms with van der Waals surface area (Å²) in [5.41, 5.74) is 7.12. The molecule has 7 aromatic rings. The molecule has 3 aromatic heterocycles. The fourth-order valence-electron chi connectivity index (χ4n) is 11.2. The van der Waals surface area contributed by atoms with Gasteiger partial charge in [-0.15, -0.1) is 0 Å². The van der Waals surface area contributed by atoms with Crippen LogP contribution in [0.1, 0.15) is 87.7 Å². The van der Waals surface area contributed by atoms with E-state index in [1.165, 1.54) is 11.3 Å². The lowest BCUT2D eigenvalue weighted by atomic mass is 9.92. The largest absolute Gasteiger partial charge is 0.491 e. The Kier molecular flexibility index (Phi) is 12.7. The van der Waals surface area contributed by atoms with Gasteiger partial charge in [0.05, 0.1) is 52.3 Å². The molecule has 18 heteroatoms. The second-order valence-electron chi connectivity index (χ2n) is 19.0. The van der Waals surface area contributed by atoms with Gasteiger partial charge in [0.25, 0.3) is 5.91 Å². The summed E-state index contributed by atoms with van der Waals surface area (Å²) in [7, 11) is 1.79. The van der Waals surface area contributed by atoms with Crippen molar-refractivity contribution < 1.29 is 38.6 Å². The number of carboxylic acid groups (broad SMARTS) is 1. The third-order valence-electron chi connectivity index (χ3n) is 14.6. The molecular formula is C54H53N9O8S. The maximum Gasteiger partial charge on any atom is 0.355 e. The van der Waals surface area contributed by atoms with Gasteiger partial charge < -0.3 is 24.8 Å². The second kappa shape index (κ2) is 19.6. The van der Waals surface area contributed by atoms with E-state index < -0.39 is 11.9 Å². The van der Waals surface area contributed by atoms with Crippen LogP contribution in [0.15, 0.2) is 91.0 Å². The van der Waals surface area contributed by atoms with Crippen LogP contribution in [0.3, 0.4) is 0 Å². The first-order chi connectivity index (χ1) is 34.9. The van der Waals surface area contributed by atoms with Crippen LogP contribution in [0.5, 0.6) is 5.75 Å². The minimum Gasteiger partial charge on any atom is -0.491 e. The van der Waals surface area contributed by atoms with Gasteiger partial charge in [0.2, 0.25) is 17.7 Å². The van der Waals surface area contributed by atoms with Gasteiger partial charge in [-0.3, -0.25) is 39.4 Å². The van der Waals surface area contributed by atoms with Crippen LogP contribution >= 0.6 is 11.3 Å². The third kappa shape index (κ3) is 9.16. The summed E-state index contributed by atoms with van der Waals surface area (Å²) >= 11 is 1.42. The maximum absolute atomic E-state index is 13.7. The number of nitrogens with zero attached hydrogens (tertiary/aromatic N) is 6. The van der Waals surface area contributed by atoms with Crippen LogP contribution in [0.2, 0.25) is 0 Å². The molecule has 4 aliphatic rings. The normalized spacial score (nSPS) is 19.8. The average molecular weight is 988 g/mol. The van der Waals surface area contributed by atoms with Crippen molar-refractivity contribution in [2.24, 2.45) is 7.05 Å². The number of imide groups is 1. The van der Waals surface area contributed by atoms with Crippen molar-refractivity contribution in [3.05, 3.63) is 125 Å². The highest BCUT2D eigenvalue weighted by Crippen LogP contribution is 2.39. The molecule has 11 rings (SSSR count). The minimum absolute atomic E-state index is 0.0241. The number of hydrogen-bond acceptors (Lipinski definition) is 13. The standard InChI is InChI=1S/C54H53N9O8S/c1-30-35(36-18-20-45(57-49(36)53(68)69)62-23-22-31-8-5-10-37(40(31)28-62)51(66)59-54-56-41-12-3-4-15-44(41)72-54)9-7-14-43(30)71-25-24-70-34-26-32-16-17-33(27-34)63(32)29-47(65)55-42-13-6-11-38-48(60-61(2)50(38)42)39-19-21-46(64)58-52(39)67/h3-15,18,20,32-34,39H,16-17,19,21-29H2,1-2H3,(H,55,65)(H,68,69)(H,56,59,66)(H,58,64,67)/t32-,33+,34+,39?. The van der Waals surface area contributed by atoms with Crippen LogP contribution in [0.4, 0.5) is 16.6 Å². The molecule has 4 aliphatic heterocycles. The molecule has 2 bridgehead atoms. The Balaban J connectivity index is 0.693. The molecule has 7 heterocycles. The smallest absolute Gasteiger partial charge is 0.355 e. The highest BCUT2D eigenvalue weighted by Gasteiger charge is 2.42. The molecule has 4 atom stereocenters. The number of aromatic carboxylic acids is 1. The number of aromatic nitrogens is 4. The molecule has 0 saturated carbocycles. The molecule has 368 valence electrons. The predicted molar refractivity (Wildman–Crippen MR) is 273 cm³/mol. The van der Waals surface area contributed by atoms with Crippen molar-refractivity contribution in [1.82, 2.24) is 30.0 Å². The Labute approximate surface area is 418 Å². The number of carbonyl (C=O) groups is 5. The summed E-state index contributed by atoms with van der Waals surface area (Å²) in [5, 5.41) is 25.0. The number of rotatable bonds is 14. The second-order valence-corrected chi connectivity index (χ2v) is 20.0. The molecule has 1 unspecified atom stereocenters. The SMILES string of the molecule is Cc1c(OCCO[C@H]2C[C@H]3CC[C@@H](C2)N3CC(=O)Nc2cccc3c(C4CCC(=O)NC4=O)nn(C)c23)cccc1-c1ccc(N2CCc3cccc(C(=O)Nc4nc5ccccc5s4)c3C2)nc1C(=O)O. The number of hydrogen-bond donors (Lipinski definition) is 4. The van der Waals surface area contributed by atoms with Gasteiger partial charge in [0.15, 0.2) is 10.8 Å². The Morgan fingerprint density at radius 3 is 2.47 bits per heavy atom. The number of anilines is 3. The number of thiazole rings is 1. The summed E-state index contributed by atoms with van der Waals surface area (Å²) in [5.74, 6) is -1.56. The van der Waals surface area contributed by atoms with E-state index in [1.807, 2.05) is 96.8 Å². The number of carbonyl (C=O) groups excluding carboxylic acids is 4. The van der Waals surface area contributed by atoms with E-state index in [4.69, 9.17) is 14.5 Å². The zero-order chi connectivity index (χ0) is 49.6. The number of aryl methyl sites for hydroxylation is 1. The zero-order valence-electron chi connectivity index (χ0n) is 39.9. The van der Waals surface area contributed by atoms with E-state index in [0.717, 1.165) is 63.5 Å². The van der Waals surface area contributed by atoms with Gasteiger partial charge >= 0.3 is 5.97 Å². The number of carboxylic acids is 1. The zero-order valence-corrected chi connectivity index (χ0v) is 40.7. The van der Waals surface area contributed by atoms with E-state index in [2.05, 4.69) is 30.9 Å².